The average molecular weight is 342 g/mol. The fourth-order valence-corrected chi connectivity index (χ4v) is 2.65. The maximum absolute atomic E-state index is 6.49. The van der Waals surface area contributed by atoms with Crippen LogP contribution in [0.3, 0.4) is 0 Å². The number of methoxy groups -OCH3 is 2. The number of hydrogen-bond donors (Lipinski definition) is 0. The van der Waals surface area contributed by atoms with Gasteiger partial charge in [0.05, 0.1) is 24.1 Å². The van der Waals surface area contributed by atoms with Gasteiger partial charge in [0, 0.05) is 0 Å². The lowest BCUT2D eigenvalue weighted by molar-refractivity contribution is 0.412. The summed E-state index contributed by atoms with van der Waals surface area (Å²) in [5.41, 5.74) is 2.04. The summed E-state index contributed by atoms with van der Waals surface area (Å²) in [7, 11) is 3.29. The molecule has 0 fully saturated rings. The van der Waals surface area contributed by atoms with Crippen molar-refractivity contribution in [3.05, 3.63) is 58.1 Å². The maximum Gasteiger partial charge on any atom is 0.133 e. The van der Waals surface area contributed by atoms with Crippen LogP contribution in [0.5, 0.6) is 11.5 Å². The molecule has 2 rings (SSSR count). The van der Waals surface area contributed by atoms with Gasteiger partial charge in [-0.15, -0.1) is 11.6 Å². The molecule has 0 aliphatic heterocycles. The topological polar surface area (TPSA) is 18.5 Å². The van der Waals surface area contributed by atoms with Crippen molar-refractivity contribution in [3.63, 3.8) is 0 Å². The van der Waals surface area contributed by atoms with Gasteiger partial charge in [-0.05, 0) is 51.3 Å². The smallest absolute Gasteiger partial charge is 0.133 e. The molecule has 0 N–H and O–H groups in total. The van der Waals surface area contributed by atoms with Crippen molar-refractivity contribution in [2.24, 2.45) is 0 Å². The van der Waals surface area contributed by atoms with Crippen LogP contribution in [-0.2, 0) is 0 Å². The van der Waals surface area contributed by atoms with E-state index < -0.39 is 0 Å². The van der Waals surface area contributed by atoms with Crippen molar-refractivity contribution in [3.8, 4) is 11.5 Å². The molecule has 0 aliphatic rings. The highest BCUT2D eigenvalue weighted by Gasteiger charge is 2.12. The summed E-state index contributed by atoms with van der Waals surface area (Å²) >= 11 is 9.96. The van der Waals surface area contributed by atoms with Crippen LogP contribution < -0.4 is 9.47 Å². The minimum atomic E-state index is -0.201. The van der Waals surface area contributed by atoms with E-state index in [2.05, 4.69) is 15.9 Å². The monoisotopic (exact) mass is 340 g/mol. The van der Waals surface area contributed by atoms with Gasteiger partial charge in [0.25, 0.3) is 0 Å². The summed E-state index contributed by atoms with van der Waals surface area (Å²) in [6.45, 7) is 0. The van der Waals surface area contributed by atoms with Crippen molar-refractivity contribution in [2.75, 3.05) is 14.2 Å². The number of hydrogen-bond acceptors (Lipinski definition) is 2. The predicted molar refractivity (Wildman–Crippen MR) is 81.4 cm³/mol. The van der Waals surface area contributed by atoms with Crippen LogP contribution in [0.15, 0.2) is 46.9 Å². The van der Waals surface area contributed by atoms with E-state index in [-0.39, 0.29) is 5.38 Å². The van der Waals surface area contributed by atoms with E-state index in [0.29, 0.717) is 0 Å². The molecule has 2 nitrogen and oxygen atoms in total. The third-order valence-electron chi connectivity index (χ3n) is 2.88. The van der Waals surface area contributed by atoms with Gasteiger partial charge in [0.15, 0.2) is 0 Å². The van der Waals surface area contributed by atoms with Gasteiger partial charge in [0.1, 0.15) is 11.5 Å². The third-order valence-corrected chi connectivity index (χ3v) is 4.00. The summed E-state index contributed by atoms with van der Waals surface area (Å²) in [5.74, 6) is 1.62. The molecule has 4 heteroatoms. The van der Waals surface area contributed by atoms with Crippen molar-refractivity contribution in [1.29, 1.82) is 0 Å². The minimum absolute atomic E-state index is 0.201. The van der Waals surface area contributed by atoms with Gasteiger partial charge >= 0.3 is 0 Å². The van der Waals surface area contributed by atoms with E-state index in [1.54, 1.807) is 14.2 Å². The van der Waals surface area contributed by atoms with Crippen LogP contribution in [0.4, 0.5) is 0 Å². The van der Waals surface area contributed by atoms with Crippen molar-refractivity contribution in [2.45, 2.75) is 5.38 Å². The minimum Gasteiger partial charge on any atom is -0.497 e. The van der Waals surface area contributed by atoms with Gasteiger partial charge in [0.2, 0.25) is 0 Å². The predicted octanol–water partition coefficient (Wildman–Crippen LogP) is 4.79. The highest BCUT2D eigenvalue weighted by Crippen LogP contribution is 2.34. The quantitative estimate of drug-likeness (QED) is 0.744. The van der Waals surface area contributed by atoms with Crippen LogP contribution in [0.1, 0.15) is 16.5 Å². The van der Waals surface area contributed by atoms with Crippen molar-refractivity contribution >= 4 is 27.5 Å². The highest BCUT2D eigenvalue weighted by atomic mass is 79.9. The summed E-state index contributed by atoms with van der Waals surface area (Å²) in [4.78, 5) is 0. The molecule has 19 heavy (non-hydrogen) atoms. The number of rotatable bonds is 4. The molecule has 100 valence electrons. The van der Waals surface area contributed by atoms with E-state index in [1.807, 2.05) is 42.5 Å². The molecule has 0 saturated heterocycles. The molecule has 0 amide bonds. The Morgan fingerprint density at radius 2 is 1.58 bits per heavy atom. The van der Waals surface area contributed by atoms with Crippen LogP contribution in [-0.4, -0.2) is 14.2 Å². The Balaban J connectivity index is 2.27. The second-order valence-electron chi connectivity index (χ2n) is 4.03. The molecule has 1 atom stereocenters. The SMILES string of the molecule is COc1ccc(C(Cl)c2ccc(OC)c(Br)c2)cc1. The van der Waals surface area contributed by atoms with Gasteiger partial charge in [-0.1, -0.05) is 18.2 Å². The second-order valence-corrected chi connectivity index (χ2v) is 5.32. The number of benzene rings is 2. The fourth-order valence-electron chi connectivity index (χ4n) is 1.81. The molecular weight excluding hydrogens is 328 g/mol. The van der Waals surface area contributed by atoms with Crippen LogP contribution in [0, 0.1) is 0 Å². The van der Waals surface area contributed by atoms with Crippen LogP contribution in [0.2, 0.25) is 0 Å². The molecule has 2 aromatic rings. The first-order chi connectivity index (χ1) is 9.15. The van der Waals surface area contributed by atoms with Crippen molar-refractivity contribution in [1.82, 2.24) is 0 Å². The standard InChI is InChI=1S/C15H14BrClO2/c1-18-12-6-3-10(4-7-12)15(17)11-5-8-14(19-2)13(16)9-11/h3-9,15H,1-2H3. The van der Waals surface area contributed by atoms with Crippen molar-refractivity contribution < 1.29 is 9.47 Å². The first kappa shape index (κ1) is 14.2. The molecule has 0 radical (unpaired) electrons. The zero-order chi connectivity index (χ0) is 13.8. The Kier molecular flexibility index (Phi) is 4.72. The van der Waals surface area contributed by atoms with E-state index in [1.165, 1.54) is 0 Å². The maximum atomic E-state index is 6.49. The summed E-state index contributed by atoms with van der Waals surface area (Å²) in [6.07, 6.45) is 0. The highest BCUT2D eigenvalue weighted by molar-refractivity contribution is 9.10. The molecule has 0 heterocycles. The molecule has 0 bridgehead atoms. The van der Waals surface area contributed by atoms with E-state index in [0.717, 1.165) is 27.1 Å². The number of halogens is 2. The van der Waals surface area contributed by atoms with Crippen LogP contribution in [0.25, 0.3) is 0 Å². The van der Waals surface area contributed by atoms with Gasteiger partial charge in [-0.2, -0.15) is 0 Å². The molecule has 1 unspecified atom stereocenters. The zero-order valence-electron chi connectivity index (χ0n) is 10.7. The normalized spacial score (nSPS) is 12.0. The fraction of sp³-hybridized carbons (Fsp3) is 0.200. The average Bonchev–Trinajstić information content (AvgIpc) is 2.46. The second kappa shape index (κ2) is 6.31. The number of alkyl halides is 1. The Morgan fingerprint density at radius 3 is 2.11 bits per heavy atom. The van der Waals surface area contributed by atoms with Gasteiger partial charge < -0.3 is 9.47 Å². The molecule has 0 aliphatic carbocycles. The lowest BCUT2D eigenvalue weighted by Crippen LogP contribution is -1.95. The number of ether oxygens (including phenoxy) is 2. The van der Waals surface area contributed by atoms with Gasteiger partial charge in [-0.25, -0.2) is 0 Å². The Hall–Kier alpha value is -1.19. The molecule has 0 saturated carbocycles. The molecule has 2 aromatic carbocycles. The molecule has 0 spiro atoms. The summed E-state index contributed by atoms with van der Waals surface area (Å²) < 4.78 is 11.2. The largest absolute Gasteiger partial charge is 0.497 e. The zero-order valence-corrected chi connectivity index (χ0v) is 13.0. The Labute approximate surface area is 126 Å². The van der Waals surface area contributed by atoms with E-state index >= 15 is 0 Å². The van der Waals surface area contributed by atoms with Crippen LogP contribution >= 0.6 is 27.5 Å². The summed E-state index contributed by atoms with van der Waals surface area (Å²) in [5, 5.41) is -0.201. The first-order valence-electron chi connectivity index (χ1n) is 5.77. The lowest BCUT2D eigenvalue weighted by Gasteiger charge is -2.13. The van der Waals surface area contributed by atoms with E-state index in [9.17, 15) is 0 Å². The molecular formula is C15H14BrClO2. The third kappa shape index (κ3) is 3.23. The lowest BCUT2D eigenvalue weighted by atomic mass is 10.0. The summed E-state index contributed by atoms with van der Waals surface area (Å²) in [6, 6.07) is 13.6. The Bertz CT molecular complexity index is 555. The van der Waals surface area contributed by atoms with Gasteiger partial charge in [-0.3, -0.25) is 0 Å². The van der Waals surface area contributed by atoms with E-state index in [4.69, 9.17) is 21.1 Å². The molecule has 0 aromatic heterocycles. The Morgan fingerprint density at radius 1 is 0.947 bits per heavy atom. The first-order valence-corrected chi connectivity index (χ1v) is 7.00.